The fourth-order valence-electron chi connectivity index (χ4n) is 5.24. The second-order valence-electron chi connectivity index (χ2n) is 10.4. The summed E-state index contributed by atoms with van der Waals surface area (Å²) in [6.45, 7) is 4.26. The Balaban J connectivity index is 1.51. The van der Waals surface area contributed by atoms with Crippen molar-refractivity contribution in [3.63, 3.8) is 0 Å². The summed E-state index contributed by atoms with van der Waals surface area (Å²) in [4.78, 5) is 4.51. The minimum Gasteiger partial charge on any atom is -0.497 e. The van der Waals surface area contributed by atoms with E-state index in [1.807, 2.05) is 34.8 Å². The number of methoxy groups -OCH3 is 1. The van der Waals surface area contributed by atoms with Crippen molar-refractivity contribution in [2.24, 2.45) is 10.7 Å². The smallest absolute Gasteiger partial charge is 0.135 e. The van der Waals surface area contributed by atoms with Gasteiger partial charge in [-0.3, -0.25) is 4.72 Å². The van der Waals surface area contributed by atoms with Gasteiger partial charge in [-0.2, -0.15) is 5.10 Å². The molecule has 1 aliphatic rings. The molecular weight excluding hydrogens is 559 g/mol. The molecule has 41 heavy (non-hydrogen) atoms. The molecule has 7 nitrogen and oxygen atoms in total. The summed E-state index contributed by atoms with van der Waals surface area (Å²) in [5.41, 5.74) is 12.4. The van der Waals surface area contributed by atoms with E-state index in [0.717, 1.165) is 71.5 Å². The van der Waals surface area contributed by atoms with Crippen molar-refractivity contribution < 1.29 is 9.13 Å². The Morgan fingerprint density at radius 2 is 1.95 bits per heavy atom. The van der Waals surface area contributed by atoms with Crippen LogP contribution >= 0.6 is 23.5 Å². The van der Waals surface area contributed by atoms with Crippen LogP contribution in [0.25, 0.3) is 16.6 Å². The summed E-state index contributed by atoms with van der Waals surface area (Å²) in [6, 6.07) is 13.0. The zero-order chi connectivity index (χ0) is 28.9. The first-order valence-corrected chi connectivity index (χ1v) is 15.3. The third-order valence-electron chi connectivity index (χ3n) is 7.44. The molecule has 0 bridgehead atoms. The van der Waals surface area contributed by atoms with E-state index in [9.17, 15) is 4.39 Å². The van der Waals surface area contributed by atoms with Gasteiger partial charge in [0.05, 0.1) is 40.8 Å². The van der Waals surface area contributed by atoms with Gasteiger partial charge in [0.2, 0.25) is 0 Å². The van der Waals surface area contributed by atoms with Crippen LogP contribution in [0.3, 0.4) is 0 Å². The summed E-state index contributed by atoms with van der Waals surface area (Å²) in [5.74, 6) is 1.72. The Labute approximate surface area is 249 Å². The molecule has 0 atom stereocenters. The molecule has 4 aromatic rings. The number of rotatable bonds is 10. The fourth-order valence-corrected chi connectivity index (χ4v) is 6.19. The van der Waals surface area contributed by atoms with Crippen molar-refractivity contribution in [3.05, 3.63) is 76.8 Å². The molecule has 0 unspecified atom stereocenters. The van der Waals surface area contributed by atoms with Gasteiger partial charge in [0.1, 0.15) is 17.4 Å². The molecule has 2 aromatic heterocycles. The first kappa shape index (κ1) is 29.2. The molecule has 0 saturated heterocycles. The predicted molar refractivity (Wildman–Crippen MR) is 169 cm³/mol. The van der Waals surface area contributed by atoms with Crippen LogP contribution in [0.1, 0.15) is 50.2 Å². The number of benzene rings is 2. The van der Waals surface area contributed by atoms with Crippen molar-refractivity contribution in [3.8, 4) is 16.9 Å². The van der Waals surface area contributed by atoms with Crippen molar-refractivity contribution in [2.45, 2.75) is 58.0 Å². The highest BCUT2D eigenvalue weighted by Crippen LogP contribution is 2.34. The number of amidine groups is 1. The average molecular weight is 595 g/mol. The summed E-state index contributed by atoms with van der Waals surface area (Å²) >= 11 is 8.12. The number of aryl methyl sites for hydroxylation is 1. The number of nitrogens with two attached hydrogens (primary N) is 1. The molecule has 2 aromatic carbocycles. The van der Waals surface area contributed by atoms with Gasteiger partial charge in [0, 0.05) is 35.7 Å². The second kappa shape index (κ2) is 13.1. The third-order valence-corrected chi connectivity index (χ3v) is 8.87. The van der Waals surface area contributed by atoms with E-state index in [2.05, 4.69) is 46.1 Å². The zero-order valence-electron chi connectivity index (χ0n) is 23.6. The minimum atomic E-state index is -0.429. The molecule has 1 saturated carbocycles. The van der Waals surface area contributed by atoms with E-state index in [-0.39, 0.29) is 17.6 Å². The molecule has 0 amide bonds. The summed E-state index contributed by atoms with van der Waals surface area (Å²) in [7, 11) is 1.67. The Morgan fingerprint density at radius 1 is 1.17 bits per heavy atom. The molecule has 1 fully saturated rings. The Bertz CT molecular complexity index is 1550. The maximum absolute atomic E-state index is 14.0. The van der Waals surface area contributed by atoms with Crippen LogP contribution in [-0.4, -0.2) is 40.4 Å². The van der Waals surface area contributed by atoms with E-state index in [1.54, 1.807) is 13.3 Å². The SMILES string of the molecule is CCCSNC1CCC(Nc2c(C(N)=Nc3cc(F)ccc3Cl)cnn3cc(-c4ccc(OC)cc4C)cc23)CC1. The van der Waals surface area contributed by atoms with Crippen LogP contribution in [0.15, 0.2) is 59.9 Å². The maximum atomic E-state index is 14.0. The van der Waals surface area contributed by atoms with Gasteiger partial charge in [-0.05, 0) is 80.5 Å². The quantitative estimate of drug-likeness (QED) is 0.0761. The highest BCUT2D eigenvalue weighted by atomic mass is 35.5. The predicted octanol–water partition coefficient (Wildman–Crippen LogP) is 7.52. The lowest BCUT2D eigenvalue weighted by atomic mass is 9.91. The summed E-state index contributed by atoms with van der Waals surface area (Å²) in [5, 5.41) is 8.78. The van der Waals surface area contributed by atoms with E-state index in [0.29, 0.717) is 16.6 Å². The van der Waals surface area contributed by atoms with Crippen LogP contribution < -0.4 is 20.5 Å². The lowest BCUT2D eigenvalue weighted by Crippen LogP contribution is -2.34. The van der Waals surface area contributed by atoms with Crippen molar-refractivity contribution in [2.75, 3.05) is 18.2 Å². The number of halogens is 2. The van der Waals surface area contributed by atoms with Crippen molar-refractivity contribution >= 4 is 46.3 Å². The van der Waals surface area contributed by atoms with Crippen LogP contribution in [0, 0.1) is 12.7 Å². The lowest BCUT2D eigenvalue weighted by molar-refractivity contribution is 0.396. The molecule has 0 radical (unpaired) electrons. The number of fused-ring (bicyclic) bond motifs is 1. The summed E-state index contributed by atoms with van der Waals surface area (Å²) < 4.78 is 24.8. The molecule has 0 aliphatic heterocycles. The molecule has 2 heterocycles. The largest absolute Gasteiger partial charge is 0.497 e. The number of nitrogens with zero attached hydrogens (tertiary/aromatic N) is 3. The number of aliphatic imine (C=N–C) groups is 1. The molecular formula is C31H36ClFN6OS. The topological polar surface area (TPSA) is 89.0 Å². The normalized spacial score (nSPS) is 17.6. The first-order chi connectivity index (χ1) is 19.9. The van der Waals surface area contributed by atoms with Gasteiger partial charge in [0.15, 0.2) is 0 Å². The number of nitrogens with one attached hydrogen (secondary N) is 2. The Kier molecular flexibility index (Phi) is 9.37. The molecule has 5 rings (SSSR count). The molecule has 216 valence electrons. The van der Waals surface area contributed by atoms with Gasteiger partial charge in [-0.1, -0.05) is 36.5 Å². The molecule has 4 N–H and O–H groups in total. The highest BCUT2D eigenvalue weighted by molar-refractivity contribution is 7.97. The van der Waals surface area contributed by atoms with Gasteiger partial charge in [-0.15, -0.1) is 0 Å². The van der Waals surface area contributed by atoms with Crippen LogP contribution in [0.2, 0.25) is 5.02 Å². The Morgan fingerprint density at radius 3 is 2.68 bits per heavy atom. The van der Waals surface area contributed by atoms with E-state index in [1.165, 1.54) is 18.2 Å². The van der Waals surface area contributed by atoms with Gasteiger partial charge < -0.3 is 15.8 Å². The molecule has 0 spiro atoms. The van der Waals surface area contributed by atoms with Gasteiger partial charge >= 0.3 is 0 Å². The number of hydrogen-bond donors (Lipinski definition) is 3. The van der Waals surface area contributed by atoms with Crippen molar-refractivity contribution in [1.82, 2.24) is 14.3 Å². The Hall–Kier alpha value is -3.27. The monoisotopic (exact) mass is 594 g/mol. The lowest BCUT2D eigenvalue weighted by Gasteiger charge is -2.30. The minimum absolute atomic E-state index is 0.213. The number of hydrogen-bond acceptors (Lipinski definition) is 6. The van der Waals surface area contributed by atoms with E-state index >= 15 is 0 Å². The van der Waals surface area contributed by atoms with Crippen LogP contribution in [0.4, 0.5) is 15.8 Å². The number of ether oxygens (including phenoxy) is 1. The molecule has 1 aliphatic carbocycles. The van der Waals surface area contributed by atoms with Crippen molar-refractivity contribution in [1.29, 1.82) is 0 Å². The van der Waals surface area contributed by atoms with Gasteiger partial charge in [0.25, 0.3) is 0 Å². The zero-order valence-corrected chi connectivity index (χ0v) is 25.2. The fraction of sp³-hybridized carbons (Fsp3) is 0.355. The number of aromatic nitrogens is 2. The average Bonchev–Trinajstić information content (AvgIpc) is 3.40. The van der Waals surface area contributed by atoms with Gasteiger partial charge in [-0.25, -0.2) is 13.9 Å². The van der Waals surface area contributed by atoms with E-state index < -0.39 is 5.82 Å². The standard InChI is InChI=1S/C31H36ClFN6OS/c1-4-13-41-38-23-8-6-22(7-9-23)36-30-26(31(34)37-28-16-21(33)5-12-27(28)32)17-35-39-18-20(15-29(30)39)25-11-10-24(40-3)14-19(25)2/h5,10-12,14-18,22-23,36,38H,4,6-9,13H2,1-3H3,(H2,34,37). The van der Waals surface area contributed by atoms with E-state index in [4.69, 9.17) is 22.1 Å². The maximum Gasteiger partial charge on any atom is 0.135 e. The second-order valence-corrected chi connectivity index (χ2v) is 11.8. The summed E-state index contributed by atoms with van der Waals surface area (Å²) in [6.07, 6.45) is 9.11. The van der Waals surface area contributed by atoms with Crippen LogP contribution in [0.5, 0.6) is 5.75 Å². The van der Waals surface area contributed by atoms with Crippen LogP contribution in [-0.2, 0) is 0 Å². The highest BCUT2D eigenvalue weighted by Gasteiger charge is 2.24. The molecule has 10 heteroatoms. The number of anilines is 1. The third kappa shape index (κ3) is 6.80. The first-order valence-electron chi connectivity index (χ1n) is 14.0.